The summed E-state index contributed by atoms with van der Waals surface area (Å²) in [7, 11) is 1.63. The van der Waals surface area contributed by atoms with Gasteiger partial charge in [-0.15, -0.1) is 0 Å². The van der Waals surface area contributed by atoms with Crippen molar-refractivity contribution < 1.29 is 4.74 Å². The van der Waals surface area contributed by atoms with Gasteiger partial charge in [0.25, 0.3) is 0 Å². The Hall–Kier alpha value is -0.770. The first-order chi connectivity index (χ1) is 8.63. The molecule has 1 fully saturated rings. The molecule has 0 spiro atoms. The number of hydrogen-bond donors (Lipinski definition) is 2. The number of hydrogen-bond acceptors (Lipinski definition) is 3. The molecule has 0 bridgehead atoms. The minimum atomic E-state index is 0.0653. The Balaban J connectivity index is 2.23. The molecule has 0 aromatic heterocycles. The van der Waals surface area contributed by atoms with Gasteiger partial charge < -0.3 is 15.8 Å². The molecule has 1 aliphatic rings. The molecule has 1 aliphatic heterocycles. The van der Waals surface area contributed by atoms with Crippen molar-refractivity contribution in [2.75, 3.05) is 20.2 Å². The number of ether oxygens (including phenoxy) is 1. The van der Waals surface area contributed by atoms with Crippen LogP contribution in [0.15, 0.2) is 12.1 Å². The van der Waals surface area contributed by atoms with Crippen LogP contribution in [0.4, 0.5) is 0 Å². The summed E-state index contributed by atoms with van der Waals surface area (Å²) in [5.74, 6) is 1.25. The number of benzene rings is 1. The minimum absolute atomic E-state index is 0.0653. The van der Waals surface area contributed by atoms with Crippen molar-refractivity contribution in [1.82, 2.24) is 5.32 Å². The summed E-state index contributed by atoms with van der Waals surface area (Å²) in [6.07, 6.45) is 2.26. The van der Waals surface area contributed by atoms with Crippen molar-refractivity contribution in [3.05, 3.63) is 28.3 Å². The Kier molecular flexibility index (Phi) is 4.49. The van der Waals surface area contributed by atoms with E-state index < -0.39 is 0 Å². The zero-order chi connectivity index (χ0) is 13.1. The highest BCUT2D eigenvalue weighted by molar-refractivity contribution is 6.32. The predicted octanol–water partition coefficient (Wildman–Crippen LogP) is 2.66. The molecule has 18 heavy (non-hydrogen) atoms. The van der Waals surface area contributed by atoms with Gasteiger partial charge in [0.1, 0.15) is 5.75 Å². The topological polar surface area (TPSA) is 47.3 Å². The lowest BCUT2D eigenvalue weighted by Gasteiger charge is -2.29. The predicted molar refractivity (Wildman–Crippen MR) is 75.3 cm³/mol. The van der Waals surface area contributed by atoms with E-state index in [-0.39, 0.29) is 6.04 Å². The van der Waals surface area contributed by atoms with E-state index in [9.17, 15) is 0 Å². The van der Waals surface area contributed by atoms with Gasteiger partial charge in [-0.05, 0) is 62.0 Å². The lowest BCUT2D eigenvalue weighted by Crippen LogP contribution is -2.34. The third kappa shape index (κ3) is 2.79. The van der Waals surface area contributed by atoms with Gasteiger partial charge in [-0.3, -0.25) is 0 Å². The number of aryl methyl sites for hydroxylation is 1. The molecular weight excluding hydrogens is 248 g/mol. The molecule has 3 nitrogen and oxygen atoms in total. The molecule has 1 saturated heterocycles. The van der Waals surface area contributed by atoms with Gasteiger partial charge in [0.15, 0.2) is 0 Å². The molecule has 0 saturated carbocycles. The smallest absolute Gasteiger partial charge is 0.137 e. The van der Waals surface area contributed by atoms with Gasteiger partial charge >= 0.3 is 0 Å². The van der Waals surface area contributed by atoms with Crippen LogP contribution in [0, 0.1) is 12.8 Å². The minimum Gasteiger partial charge on any atom is -0.495 e. The lowest BCUT2D eigenvalue weighted by atomic mass is 9.85. The first-order valence-electron chi connectivity index (χ1n) is 6.44. The Bertz CT molecular complexity index is 417. The first-order valence-corrected chi connectivity index (χ1v) is 6.81. The molecule has 3 N–H and O–H groups in total. The summed E-state index contributed by atoms with van der Waals surface area (Å²) in [6.45, 7) is 4.18. The van der Waals surface area contributed by atoms with Gasteiger partial charge in [0, 0.05) is 6.04 Å². The van der Waals surface area contributed by atoms with E-state index in [1.165, 1.54) is 0 Å². The zero-order valence-corrected chi connectivity index (χ0v) is 11.8. The average molecular weight is 269 g/mol. The molecular formula is C14H21ClN2O. The summed E-state index contributed by atoms with van der Waals surface area (Å²) < 4.78 is 5.22. The van der Waals surface area contributed by atoms with Gasteiger partial charge in [-0.2, -0.15) is 0 Å². The lowest BCUT2D eigenvalue weighted by molar-refractivity contribution is 0.321. The molecule has 4 heteroatoms. The maximum Gasteiger partial charge on any atom is 0.137 e. The molecule has 1 atom stereocenters. The molecule has 1 aromatic carbocycles. The van der Waals surface area contributed by atoms with E-state index in [4.69, 9.17) is 22.1 Å². The molecule has 1 unspecified atom stereocenters. The Morgan fingerprint density at radius 3 is 2.67 bits per heavy atom. The SMILES string of the molecule is COc1cc(C)c(C(N)C2CCNCC2)cc1Cl. The second-order valence-corrected chi connectivity index (χ2v) is 5.36. The van der Waals surface area contributed by atoms with E-state index in [2.05, 4.69) is 12.2 Å². The molecule has 0 amide bonds. The third-order valence-electron chi connectivity index (χ3n) is 3.79. The van der Waals surface area contributed by atoms with E-state index >= 15 is 0 Å². The van der Waals surface area contributed by atoms with Crippen molar-refractivity contribution >= 4 is 11.6 Å². The van der Waals surface area contributed by atoms with Crippen molar-refractivity contribution in [3.8, 4) is 5.75 Å². The number of nitrogens with one attached hydrogen (secondary N) is 1. The molecule has 0 radical (unpaired) electrons. The highest BCUT2D eigenvalue weighted by Crippen LogP contribution is 2.34. The highest BCUT2D eigenvalue weighted by Gasteiger charge is 2.23. The number of halogens is 1. The average Bonchev–Trinajstić information content (AvgIpc) is 2.41. The monoisotopic (exact) mass is 268 g/mol. The van der Waals surface area contributed by atoms with Crippen LogP contribution in [0.25, 0.3) is 0 Å². The van der Waals surface area contributed by atoms with Crippen LogP contribution in [0.3, 0.4) is 0 Å². The number of rotatable bonds is 3. The molecule has 0 aliphatic carbocycles. The van der Waals surface area contributed by atoms with Crippen LogP contribution in [0.1, 0.15) is 30.0 Å². The maximum atomic E-state index is 6.40. The van der Waals surface area contributed by atoms with Crippen molar-refractivity contribution in [3.63, 3.8) is 0 Å². The van der Waals surface area contributed by atoms with Gasteiger partial charge in [0.2, 0.25) is 0 Å². The maximum absolute atomic E-state index is 6.40. The fourth-order valence-electron chi connectivity index (χ4n) is 2.64. The summed E-state index contributed by atoms with van der Waals surface area (Å²) in [5, 5.41) is 4.00. The van der Waals surface area contributed by atoms with Gasteiger partial charge in [-0.1, -0.05) is 11.6 Å². The zero-order valence-electron chi connectivity index (χ0n) is 11.0. The summed E-state index contributed by atoms with van der Waals surface area (Å²) >= 11 is 6.19. The number of methoxy groups -OCH3 is 1. The van der Waals surface area contributed by atoms with Crippen LogP contribution in [-0.4, -0.2) is 20.2 Å². The Morgan fingerprint density at radius 2 is 2.06 bits per heavy atom. The van der Waals surface area contributed by atoms with E-state index in [1.807, 2.05) is 12.1 Å². The molecule has 1 heterocycles. The quantitative estimate of drug-likeness (QED) is 0.886. The normalized spacial score (nSPS) is 18.7. The Labute approximate surface area is 114 Å². The van der Waals surface area contributed by atoms with Crippen molar-refractivity contribution in [2.45, 2.75) is 25.8 Å². The highest BCUT2D eigenvalue weighted by atomic mass is 35.5. The van der Waals surface area contributed by atoms with Crippen molar-refractivity contribution in [1.29, 1.82) is 0 Å². The number of piperidine rings is 1. The summed E-state index contributed by atoms with van der Waals surface area (Å²) in [5.41, 5.74) is 8.70. The summed E-state index contributed by atoms with van der Waals surface area (Å²) in [4.78, 5) is 0. The largest absolute Gasteiger partial charge is 0.495 e. The van der Waals surface area contributed by atoms with Gasteiger partial charge in [0.05, 0.1) is 12.1 Å². The van der Waals surface area contributed by atoms with E-state index in [0.717, 1.165) is 42.8 Å². The van der Waals surface area contributed by atoms with E-state index in [1.54, 1.807) is 7.11 Å². The third-order valence-corrected chi connectivity index (χ3v) is 4.09. The molecule has 100 valence electrons. The second kappa shape index (κ2) is 5.91. The van der Waals surface area contributed by atoms with Crippen LogP contribution < -0.4 is 15.8 Å². The Morgan fingerprint density at radius 1 is 1.39 bits per heavy atom. The first kappa shape index (κ1) is 13.7. The van der Waals surface area contributed by atoms with Crippen LogP contribution >= 0.6 is 11.6 Å². The van der Waals surface area contributed by atoms with Crippen LogP contribution in [0.5, 0.6) is 5.75 Å². The fraction of sp³-hybridized carbons (Fsp3) is 0.571. The number of nitrogens with two attached hydrogens (primary N) is 1. The van der Waals surface area contributed by atoms with Crippen LogP contribution in [0.2, 0.25) is 5.02 Å². The van der Waals surface area contributed by atoms with E-state index in [0.29, 0.717) is 10.9 Å². The molecule has 2 rings (SSSR count). The summed E-state index contributed by atoms with van der Waals surface area (Å²) in [6, 6.07) is 4.00. The van der Waals surface area contributed by atoms with Gasteiger partial charge in [-0.25, -0.2) is 0 Å². The van der Waals surface area contributed by atoms with Crippen molar-refractivity contribution in [2.24, 2.45) is 11.7 Å². The standard InChI is InChI=1S/C14H21ClN2O/c1-9-7-13(18-2)12(15)8-11(9)14(16)10-3-5-17-6-4-10/h7-8,10,14,17H,3-6,16H2,1-2H3. The fourth-order valence-corrected chi connectivity index (χ4v) is 2.89. The molecule has 1 aromatic rings. The second-order valence-electron chi connectivity index (χ2n) is 4.96. The van der Waals surface area contributed by atoms with Crippen LogP contribution in [-0.2, 0) is 0 Å².